The topological polar surface area (TPSA) is 29.9 Å². The SMILES string of the molecule is CCn1cc(NCc2c(F)cccc2F)cn1. The number of halogens is 2. The molecule has 0 fully saturated rings. The van der Waals surface area contributed by atoms with Crippen molar-refractivity contribution in [3.8, 4) is 0 Å². The lowest BCUT2D eigenvalue weighted by atomic mass is 10.2. The second-order valence-electron chi connectivity index (χ2n) is 3.64. The zero-order valence-corrected chi connectivity index (χ0v) is 9.45. The fraction of sp³-hybridized carbons (Fsp3) is 0.250. The Hall–Kier alpha value is -1.91. The van der Waals surface area contributed by atoms with Crippen molar-refractivity contribution in [1.82, 2.24) is 9.78 Å². The average molecular weight is 237 g/mol. The summed E-state index contributed by atoms with van der Waals surface area (Å²) in [6.07, 6.45) is 3.42. The molecule has 0 aliphatic carbocycles. The Kier molecular flexibility index (Phi) is 3.37. The van der Waals surface area contributed by atoms with Crippen LogP contribution in [0.4, 0.5) is 14.5 Å². The van der Waals surface area contributed by atoms with Gasteiger partial charge in [0, 0.05) is 24.8 Å². The second-order valence-corrected chi connectivity index (χ2v) is 3.64. The van der Waals surface area contributed by atoms with Crippen LogP contribution >= 0.6 is 0 Å². The first-order valence-corrected chi connectivity index (χ1v) is 5.40. The second kappa shape index (κ2) is 4.95. The van der Waals surface area contributed by atoms with Crippen LogP contribution in [0.2, 0.25) is 0 Å². The Morgan fingerprint density at radius 3 is 2.59 bits per heavy atom. The number of aryl methyl sites for hydroxylation is 1. The average Bonchev–Trinajstić information content (AvgIpc) is 2.76. The molecule has 0 amide bonds. The van der Waals surface area contributed by atoms with Crippen molar-refractivity contribution in [2.75, 3.05) is 5.32 Å². The lowest BCUT2D eigenvalue weighted by molar-refractivity contribution is 0.560. The van der Waals surface area contributed by atoms with Crippen LogP contribution < -0.4 is 5.32 Å². The summed E-state index contributed by atoms with van der Waals surface area (Å²) < 4.78 is 28.4. The van der Waals surface area contributed by atoms with Crippen molar-refractivity contribution in [2.45, 2.75) is 20.0 Å². The summed E-state index contributed by atoms with van der Waals surface area (Å²) >= 11 is 0. The third kappa shape index (κ3) is 2.61. The monoisotopic (exact) mass is 237 g/mol. The molecule has 0 spiro atoms. The minimum atomic E-state index is -0.541. The van der Waals surface area contributed by atoms with Crippen molar-refractivity contribution in [3.63, 3.8) is 0 Å². The zero-order chi connectivity index (χ0) is 12.3. The van der Waals surface area contributed by atoms with Crippen molar-refractivity contribution in [2.24, 2.45) is 0 Å². The van der Waals surface area contributed by atoms with Gasteiger partial charge in [0.05, 0.1) is 11.9 Å². The van der Waals surface area contributed by atoms with Gasteiger partial charge in [0.15, 0.2) is 0 Å². The fourth-order valence-corrected chi connectivity index (χ4v) is 1.52. The molecular weight excluding hydrogens is 224 g/mol. The molecule has 1 aromatic heterocycles. The maximum absolute atomic E-state index is 13.3. The molecule has 1 aromatic carbocycles. The van der Waals surface area contributed by atoms with Gasteiger partial charge in [0.25, 0.3) is 0 Å². The Labute approximate surface area is 98.1 Å². The van der Waals surface area contributed by atoms with Gasteiger partial charge in [0.2, 0.25) is 0 Å². The number of hydrogen-bond donors (Lipinski definition) is 1. The van der Waals surface area contributed by atoms with Gasteiger partial charge >= 0.3 is 0 Å². The van der Waals surface area contributed by atoms with Gasteiger partial charge in [-0.3, -0.25) is 4.68 Å². The molecule has 0 unspecified atom stereocenters. The van der Waals surface area contributed by atoms with Gasteiger partial charge in [-0.2, -0.15) is 5.10 Å². The van der Waals surface area contributed by atoms with Gasteiger partial charge in [-0.15, -0.1) is 0 Å². The predicted molar refractivity (Wildman–Crippen MR) is 61.6 cm³/mol. The predicted octanol–water partition coefficient (Wildman–Crippen LogP) is 2.79. The molecule has 5 heteroatoms. The van der Waals surface area contributed by atoms with Crippen LogP contribution in [-0.2, 0) is 13.1 Å². The maximum Gasteiger partial charge on any atom is 0.131 e. The summed E-state index contributed by atoms with van der Waals surface area (Å²) in [5, 5.41) is 6.99. The molecule has 0 atom stereocenters. The molecule has 3 nitrogen and oxygen atoms in total. The largest absolute Gasteiger partial charge is 0.378 e. The molecule has 0 saturated carbocycles. The number of nitrogens with one attached hydrogen (secondary N) is 1. The third-order valence-electron chi connectivity index (χ3n) is 2.49. The van der Waals surface area contributed by atoms with E-state index in [0.717, 1.165) is 12.2 Å². The van der Waals surface area contributed by atoms with Crippen LogP contribution in [0.1, 0.15) is 12.5 Å². The van der Waals surface area contributed by atoms with Gasteiger partial charge in [-0.05, 0) is 19.1 Å². The molecule has 1 heterocycles. The van der Waals surface area contributed by atoms with Gasteiger partial charge in [-0.1, -0.05) is 6.07 Å². The normalized spacial score (nSPS) is 10.5. The van der Waals surface area contributed by atoms with E-state index in [-0.39, 0.29) is 12.1 Å². The van der Waals surface area contributed by atoms with Crippen molar-refractivity contribution < 1.29 is 8.78 Å². The van der Waals surface area contributed by atoms with E-state index >= 15 is 0 Å². The van der Waals surface area contributed by atoms with Crippen LogP contribution in [0.25, 0.3) is 0 Å². The number of nitrogens with zero attached hydrogens (tertiary/aromatic N) is 2. The molecular formula is C12H13F2N3. The summed E-state index contributed by atoms with van der Waals surface area (Å²) in [5.41, 5.74) is 0.784. The van der Waals surface area contributed by atoms with Gasteiger partial charge in [0.1, 0.15) is 11.6 Å². The molecule has 0 radical (unpaired) electrons. The molecule has 90 valence electrons. The minimum absolute atomic E-state index is 0.0387. The highest BCUT2D eigenvalue weighted by Crippen LogP contribution is 2.14. The van der Waals surface area contributed by atoms with E-state index in [4.69, 9.17) is 0 Å². The molecule has 0 bridgehead atoms. The maximum atomic E-state index is 13.3. The van der Waals surface area contributed by atoms with E-state index in [0.29, 0.717) is 0 Å². The van der Waals surface area contributed by atoms with Crippen LogP contribution in [0.3, 0.4) is 0 Å². The summed E-state index contributed by atoms with van der Waals surface area (Å²) in [5.74, 6) is -1.08. The molecule has 2 aromatic rings. The minimum Gasteiger partial charge on any atom is -0.378 e. The van der Waals surface area contributed by atoms with Crippen LogP contribution in [0.5, 0.6) is 0 Å². The lowest BCUT2D eigenvalue weighted by Gasteiger charge is -2.06. The summed E-state index contributed by atoms with van der Waals surface area (Å²) in [7, 11) is 0. The van der Waals surface area contributed by atoms with Crippen LogP contribution in [0, 0.1) is 11.6 Å². The van der Waals surface area contributed by atoms with E-state index in [1.54, 1.807) is 17.1 Å². The number of anilines is 1. The van der Waals surface area contributed by atoms with Crippen molar-refractivity contribution in [3.05, 3.63) is 47.8 Å². The van der Waals surface area contributed by atoms with E-state index in [9.17, 15) is 8.78 Å². The standard InChI is InChI=1S/C12H13F2N3/c1-2-17-8-9(6-16-17)15-7-10-11(13)4-3-5-12(10)14/h3-6,8,15H,2,7H2,1H3. The summed E-state index contributed by atoms with van der Waals surface area (Å²) in [4.78, 5) is 0. The highest BCUT2D eigenvalue weighted by Gasteiger charge is 2.08. The van der Waals surface area contributed by atoms with Crippen molar-refractivity contribution in [1.29, 1.82) is 0 Å². The molecule has 0 aliphatic heterocycles. The Morgan fingerprint density at radius 1 is 1.29 bits per heavy atom. The van der Waals surface area contributed by atoms with E-state index in [1.165, 1.54) is 18.2 Å². The first-order chi connectivity index (χ1) is 8.20. The first-order valence-electron chi connectivity index (χ1n) is 5.40. The summed E-state index contributed by atoms with van der Waals surface area (Å²) in [6, 6.07) is 3.84. The highest BCUT2D eigenvalue weighted by molar-refractivity contribution is 5.39. The Morgan fingerprint density at radius 2 is 2.00 bits per heavy atom. The zero-order valence-electron chi connectivity index (χ0n) is 9.45. The third-order valence-corrected chi connectivity index (χ3v) is 2.49. The number of rotatable bonds is 4. The molecule has 0 saturated heterocycles. The molecule has 1 N–H and O–H groups in total. The Bertz CT molecular complexity index is 488. The highest BCUT2D eigenvalue weighted by atomic mass is 19.1. The van der Waals surface area contributed by atoms with Gasteiger partial charge in [-0.25, -0.2) is 8.78 Å². The number of benzene rings is 1. The molecule has 0 aliphatic rings. The van der Waals surface area contributed by atoms with E-state index < -0.39 is 11.6 Å². The molecule has 2 rings (SSSR count). The number of aromatic nitrogens is 2. The van der Waals surface area contributed by atoms with E-state index in [2.05, 4.69) is 10.4 Å². The van der Waals surface area contributed by atoms with Crippen molar-refractivity contribution >= 4 is 5.69 Å². The number of hydrogen-bond acceptors (Lipinski definition) is 2. The smallest absolute Gasteiger partial charge is 0.131 e. The van der Waals surface area contributed by atoms with E-state index in [1.807, 2.05) is 6.92 Å². The van der Waals surface area contributed by atoms with Gasteiger partial charge < -0.3 is 5.32 Å². The lowest BCUT2D eigenvalue weighted by Crippen LogP contribution is -2.04. The first kappa shape index (κ1) is 11.6. The summed E-state index contributed by atoms with van der Waals surface area (Å²) in [6.45, 7) is 2.83. The quantitative estimate of drug-likeness (QED) is 0.886. The Balaban J connectivity index is 2.07. The van der Waals surface area contributed by atoms with Crippen LogP contribution in [-0.4, -0.2) is 9.78 Å². The molecule has 17 heavy (non-hydrogen) atoms. The fourth-order valence-electron chi connectivity index (χ4n) is 1.52. The van der Waals surface area contributed by atoms with Crippen LogP contribution in [0.15, 0.2) is 30.6 Å².